The summed E-state index contributed by atoms with van der Waals surface area (Å²) in [6.07, 6.45) is 0.377. The number of carbonyl (C=O) groups excluding carboxylic acids is 1. The third kappa shape index (κ3) is 4.42. The second-order valence-electron chi connectivity index (χ2n) is 4.76. The monoisotopic (exact) mass is 313 g/mol. The second-order valence-corrected chi connectivity index (χ2v) is 5.68. The van der Waals surface area contributed by atoms with Gasteiger partial charge in [-0.3, -0.25) is 4.79 Å². The zero-order valence-corrected chi connectivity index (χ0v) is 12.6. The molecule has 2 atom stereocenters. The van der Waals surface area contributed by atoms with Crippen molar-refractivity contribution in [2.45, 2.75) is 33.2 Å². The largest absolute Gasteiger partial charge is 0.396 e. The molecular formula is C14H20BrNO2. The van der Waals surface area contributed by atoms with Crippen LogP contribution in [-0.4, -0.2) is 23.7 Å². The Kier molecular flexibility index (Phi) is 5.82. The zero-order valence-electron chi connectivity index (χ0n) is 11.0. The summed E-state index contributed by atoms with van der Waals surface area (Å²) in [6, 6.07) is 5.88. The van der Waals surface area contributed by atoms with Crippen LogP contribution in [0.4, 0.5) is 0 Å². The first-order valence-electron chi connectivity index (χ1n) is 6.09. The lowest BCUT2D eigenvalue weighted by Crippen LogP contribution is -2.39. The van der Waals surface area contributed by atoms with E-state index in [0.717, 1.165) is 15.6 Å². The molecule has 1 aromatic rings. The van der Waals surface area contributed by atoms with E-state index in [1.165, 1.54) is 0 Å². The standard InChI is InChI=1S/C14H20BrNO2/c1-9-6-13(15)5-4-12(9)7-14(18)16-11(3)10(2)8-17/h4-6,10-11,17H,7-8H2,1-3H3,(H,16,18). The summed E-state index contributed by atoms with van der Waals surface area (Å²) in [4.78, 5) is 11.9. The molecule has 0 spiro atoms. The maximum atomic E-state index is 11.9. The van der Waals surface area contributed by atoms with E-state index >= 15 is 0 Å². The van der Waals surface area contributed by atoms with Crippen molar-refractivity contribution in [1.29, 1.82) is 0 Å². The summed E-state index contributed by atoms with van der Waals surface area (Å²) in [5, 5.41) is 11.9. The minimum atomic E-state index is -0.0155. The maximum Gasteiger partial charge on any atom is 0.224 e. The lowest BCUT2D eigenvalue weighted by molar-refractivity contribution is -0.121. The molecule has 100 valence electrons. The molecule has 0 aliphatic heterocycles. The Labute approximate surface area is 117 Å². The molecule has 0 heterocycles. The molecule has 0 aliphatic rings. The van der Waals surface area contributed by atoms with Crippen LogP contribution in [0.2, 0.25) is 0 Å². The van der Waals surface area contributed by atoms with E-state index in [1.807, 2.05) is 39.0 Å². The highest BCUT2D eigenvalue weighted by Gasteiger charge is 2.14. The first-order valence-corrected chi connectivity index (χ1v) is 6.88. The maximum absolute atomic E-state index is 11.9. The molecule has 0 radical (unpaired) electrons. The van der Waals surface area contributed by atoms with E-state index in [0.29, 0.717) is 6.42 Å². The Balaban J connectivity index is 2.59. The molecule has 0 saturated heterocycles. The number of halogens is 1. The average Bonchev–Trinajstić information content (AvgIpc) is 2.31. The van der Waals surface area contributed by atoms with Gasteiger partial charge in [-0.25, -0.2) is 0 Å². The Hall–Kier alpha value is -0.870. The van der Waals surface area contributed by atoms with Gasteiger partial charge in [0.05, 0.1) is 6.42 Å². The Morgan fingerprint density at radius 1 is 1.44 bits per heavy atom. The van der Waals surface area contributed by atoms with Gasteiger partial charge >= 0.3 is 0 Å². The molecule has 0 bridgehead atoms. The highest BCUT2D eigenvalue weighted by Crippen LogP contribution is 2.16. The SMILES string of the molecule is Cc1cc(Br)ccc1CC(=O)NC(C)C(C)CO. The number of benzene rings is 1. The number of aliphatic hydroxyl groups is 1. The minimum absolute atomic E-state index is 0.00628. The number of aliphatic hydroxyl groups excluding tert-OH is 1. The Bertz CT molecular complexity index is 420. The Morgan fingerprint density at radius 3 is 2.67 bits per heavy atom. The lowest BCUT2D eigenvalue weighted by Gasteiger charge is -2.19. The summed E-state index contributed by atoms with van der Waals surface area (Å²) in [7, 11) is 0. The fraction of sp³-hybridized carbons (Fsp3) is 0.500. The molecule has 0 aromatic heterocycles. The van der Waals surface area contributed by atoms with Crippen LogP contribution >= 0.6 is 15.9 Å². The van der Waals surface area contributed by atoms with Gasteiger partial charge in [-0.05, 0) is 43.0 Å². The third-order valence-corrected chi connectivity index (χ3v) is 3.68. The number of rotatable bonds is 5. The van der Waals surface area contributed by atoms with Crippen molar-refractivity contribution in [3.63, 3.8) is 0 Å². The number of hydrogen-bond acceptors (Lipinski definition) is 2. The summed E-state index contributed by atoms with van der Waals surface area (Å²) in [5.41, 5.74) is 2.13. The molecule has 0 fully saturated rings. The fourth-order valence-electron chi connectivity index (χ4n) is 1.64. The van der Waals surface area contributed by atoms with E-state index in [9.17, 15) is 4.79 Å². The van der Waals surface area contributed by atoms with Gasteiger partial charge in [-0.1, -0.05) is 28.9 Å². The smallest absolute Gasteiger partial charge is 0.224 e. The van der Waals surface area contributed by atoms with Crippen LogP contribution < -0.4 is 5.32 Å². The van der Waals surface area contributed by atoms with Crippen LogP contribution in [-0.2, 0) is 11.2 Å². The first-order chi connectivity index (χ1) is 8.43. The molecule has 4 heteroatoms. The molecule has 0 saturated carbocycles. The predicted molar refractivity (Wildman–Crippen MR) is 76.4 cm³/mol. The van der Waals surface area contributed by atoms with Crippen LogP contribution in [0.3, 0.4) is 0 Å². The van der Waals surface area contributed by atoms with Gasteiger partial charge in [0.2, 0.25) is 5.91 Å². The van der Waals surface area contributed by atoms with Crippen LogP contribution in [0.25, 0.3) is 0 Å². The van der Waals surface area contributed by atoms with Crippen LogP contribution in [0.15, 0.2) is 22.7 Å². The van der Waals surface area contributed by atoms with Crippen molar-refractivity contribution in [3.8, 4) is 0 Å². The third-order valence-electron chi connectivity index (χ3n) is 3.19. The summed E-state index contributed by atoms with van der Waals surface area (Å²) in [6.45, 7) is 5.90. The molecule has 2 N–H and O–H groups in total. The normalized spacial score (nSPS) is 14.1. The Morgan fingerprint density at radius 2 is 2.11 bits per heavy atom. The van der Waals surface area contributed by atoms with Gasteiger partial charge in [0.1, 0.15) is 0 Å². The quantitative estimate of drug-likeness (QED) is 0.877. The molecule has 1 amide bonds. The molecule has 1 aromatic carbocycles. The number of aryl methyl sites for hydroxylation is 1. The summed E-state index contributed by atoms with van der Waals surface area (Å²) >= 11 is 3.40. The average molecular weight is 314 g/mol. The van der Waals surface area contributed by atoms with Gasteiger partial charge in [0.25, 0.3) is 0 Å². The van der Waals surface area contributed by atoms with Gasteiger partial charge in [0, 0.05) is 17.1 Å². The molecule has 1 rings (SSSR count). The summed E-state index contributed by atoms with van der Waals surface area (Å²) < 4.78 is 1.02. The summed E-state index contributed by atoms with van der Waals surface area (Å²) in [5.74, 6) is 0.0631. The van der Waals surface area contributed by atoms with Crippen molar-refractivity contribution < 1.29 is 9.90 Å². The molecule has 3 nitrogen and oxygen atoms in total. The van der Waals surface area contributed by atoms with E-state index < -0.39 is 0 Å². The number of amides is 1. The molecule has 0 aliphatic carbocycles. The van der Waals surface area contributed by atoms with E-state index in [2.05, 4.69) is 21.2 Å². The van der Waals surface area contributed by atoms with Gasteiger partial charge in [0.15, 0.2) is 0 Å². The van der Waals surface area contributed by atoms with Gasteiger partial charge in [-0.2, -0.15) is 0 Å². The van der Waals surface area contributed by atoms with Crippen molar-refractivity contribution in [2.24, 2.45) is 5.92 Å². The van der Waals surface area contributed by atoms with Gasteiger partial charge < -0.3 is 10.4 Å². The van der Waals surface area contributed by atoms with Crippen LogP contribution in [0.1, 0.15) is 25.0 Å². The number of hydrogen-bond donors (Lipinski definition) is 2. The van der Waals surface area contributed by atoms with Crippen molar-refractivity contribution in [3.05, 3.63) is 33.8 Å². The van der Waals surface area contributed by atoms with Crippen LogP contribution in [0, 0.1) is 12.8 Å². The first kappa shape index (κ1) is 15.2. The lowest BCUT2D eigenvalue weighted by atomic mass is 10.0. The van der Waals surface area contributed by atoms with Crippen molar-refractivity contribution in [2.75, 3.05) is 6.61 Å². The molecular weight excluding hydrogens is 294 g/mol. The highest BCUT2D eigenvalue weighted by molar-refractivity contribution is 9.10. The highest BCUT2D eigenvalue weighted by atomic mass is 79.9. The van der Waals surface area contributed by atoms with Crippen molar-refractivity contribution in [1.82, 2.24) is 5.32 Å². The fourth-order valence-corrected chi connectivity index (χ4v) is 2.11. The predicted octanol–water partition coefficient (Wildman–Crippen LogP) is 2.43. The topological polar surface area (TPSA) is 49.3 Å². The minimum Gasteiger partial charge on any atom is -0.396 e. The van der Waals surface area contributed by atoms with Crippen LogP contribution in [0.5, 0.6) is 0 Å². The molecule has 2 unspecified atom stereocenters. The van der Waals surface area contributed by atoms with E-state index in [1.54, 1.807) is 0 Å². The molecule has 18 heavy (non-hydrogen) atoms. The van der Waals surface area contributed by atoms with E-state index in [4.69, 9.17) is 5.11 Å². The van der Waals surface area contributed by atoms with E-state index in [-0.39, 0.29) is 24.5 Å². The van der Waals surface area contributed by atoms with Gasteiger partial charge in [-0.15, -0.1) is 0 Å². The second kappa shape index (κ2) is 6.90. The number of nitrogens with one attached hydrogen (secondary N) is 1. The van der Waals surface area contributed by atoms with Crippen molar-refractivity contribution >= 4 is 21.8 Å². The zero-order chi connectivity index (χ0) is 13.7. The number of carbonyl (C=O) groups is 1.